The lowest BCUT2D eigenvalue weighted by Crippen LogP contribution is -2.29. The number of nitrogens with zero attached hydrogens (tertiary/aromatic N) is 1. The average Bonchev–Trinajstić information content (AvgIpc) is 2.80. The van der Waals surface area contributed by atoms with E-state index in [4.69, 9.17) is 0 Å². The standard InChI is InChI=1S/C15H22N2O/c1-4-15(18,9-10-17(2)3)13-11-16-14-8-6-5-7-12(13)14/h5-8,11,16,18H,4,9-10H2,1-3H3. The number of benzene rings is 1. The number of H-pyrrole nitrogens is 1. The van der Waals surface area contributed by atoms with E-state index in [1.165, 1.54) is 0 Å². The highest BCUT2D eigenvalue weighted by molar-refractivity contribution is 5.83. The number of rotatable bonds is 5. The number of hydrogen-bond acceptors (Lipinski definition) is 2. The Balaban J connectivity index is 2.37. The lowest BCUT2D eigenvalue weighted by molar-refractivity contribution is 0.0185. The minimum Gasteiger partial charge on any atom is -0.385 e. The van der Waals surface area contributed by atoms with Gasteiger partial charge in [0.25, 0.3) is 0 Å². The zero-order valence-corrected chi connectivity index (χ0v) is 11.4. The molecule has 1 atom stereocenters. The predicted molar refractivity (Wildman–Crippen MR) is 75.7 cm³/mol. The molecule has 98 valence electrons. The summed E-state index contributed by atoms with van der Waals surface area (Å²) in [6.07, 6.45) is 3.42. The van der Waals surface area contributed by atoms with Crippen molar-refractivity contribution >= 4 is 10.9 Å². The summed E-state index contributed by atoms with van der Waals surface area (Å²) in [7, 11) is 4.07. The number of aliphatic hydroxyl groups is 1. The number of aromatic amines is 1. The molecule has 0 aliphatic heterocycles. The second-order valence-electron chi connectivity index (χ2n) is 5.19. The van der Waals surface area contributed by atoms with E-state index in [0.717, 1.165) is 35.9 Å². The Kier molecular flexibility index (Phi) is 3.73. The molecule has 0 fully saturated rings. The Labute approximate surface area is 108 Å². The van der Waals surface area contributed by atoms with Crippen LogP contribution in [-0.2, 0) is 5.60 Å². The van der Waals surface area contributed by atoms with Crippen LogP contribution in [0.2, 0.25) is 0 Å². The molecule has 2 aromatic rings. The monoisotopic (exact) mass is 246 g/mol. The van der Waals surface area contributed by atoms with E-state index in [2.05, 4.69) is 16.0 Å². The molecule has 0 aliphatic rings. The molecular weight excluding hydrogens is 224 g/mol. The van der Waals surface area contributed by atoms with Crippen molar-refractivity contribution in [2.75, 3.05) is 20.6 Å². The van der Waals surface area contributed by atoms with E-state index < -0.39 is 5.60 Å². The number of fused-ring (bicyclic) bond motifs is 1. The minimum absolute atomic E-state index is 0.725. The molecule has 2 N–H and O–H groups in total. The highest BCUT2D eigenvalue weighted by Gasteiger charge is 2.29. The van der Waals surface area contributed by atoms with Crippen molar-refractivity contribution in [2.45, 2.75) is 25.4 Å². The molecule has 1 unspecified atom stereocenters. The van der Waals surface area contributed by atoms with Gasteiger partial charge < -0.3 is 15.0 Å². The maximum atomic E-state index is 10.9. The van der Waals surface area contributed by atoms with Crippen LogP contribution in [0, 0.1) is 0 Å². The first kappa shape index (κ1) is 13.1. The normalized spacial score (nSPS) is 15.2. The van der Waals surface area contributed by atoms with Crippen LogP contribution in [-0.4, -0.2) is 35.6 Å². The second-order valence-corrected chi connectivity index (χ2v) is 5.19. The molecule has 0 spiro atoms. The van der Waals surface area contributed by atoms with Crippen molar-refractivity contribution in [3.8, 4) is 0 Å². The first-order valence-corrected chi connectivity index (χ1v) is 6.50. The Morgan fingerprint density at radius 1 is 1.28 bits per heavy atom. The summed E-state index contributed by atoms with van der Waals surface area (Å²) in [5.41, 5.74) is 1.36. The van der Waals surface area contributed by atoms with E-state index in [9.17, 15) is 5.11 Å². The summed E-state index contributed by atoms with van der Waals surface area (Å²) in [5.74, 6) is 0. The lowest BCUT2D eigenvalue weighted by atomic mass is 9.87. The van der Waals surface area contributed by atoms with Gasteiger partial charge in [-0.05, 0) is 33.0 Å². The van der Waals surface area contributed by atoms with Gasteiger partial charge in [0.2, 0.25) is 0 Å². The summed E-state index contributed by atoms with van der Waals surface area (Å²) in [4.78, 5) is 5.35. The fourth-order valence-electron chi connectivity index (χ4n) is 2.37. The topological polar surface area (TPSA) is 39.3 Å². The first-order chi connectivity index (χ1) is 8.57. The molecule has 1 aromatic carbocycles. The molecule has 0 saturated carbocycles. The van der Waals surface area contributed by atoms with Crippen LogP contribution >= 0.6 is 0 Å². The Morgan fingerprint density at radius 3 is 2.67 bits per heavy atom. The SMILES string of the molecule is CCC(O)(CCN(C)C)c1c[nH]c2ccccc12. The highest BCUT2D eigenvalue weighted by Crippen LogP contribution is 2.34. The zero-order valence-electron chi connectivity index (χ0n) is 11.4. The van der Waals surface area contributed by atoms with Gasteiger partial charge in [-0.2, -0.15) is 0 Å². The summed E-state index contributed by atoms with van der Waals surface area (Å²) < 4.78 is 0. The summed E-state index contributed by atoms with van der Waals surface area (Å²) in [6, 6.07) is 8.13. The van der Waals surface area contributed by atoms with Crippen molar-refractivity contribution in [3.63, 3.8) is 0 Å². The fourth-order valence-corrected chi connectivity index (χ4v) is 2.37. The van der Waals surface area contributed by atoms with E-state index >= 15 is 0 Å². The van der Waals surface area contributed by atoms with Gasteiger partial charge in [-0.15, -0.1) is 0 Å². The molecule has 3 heteroatoms. The maximum Gasteiger partial charge on any atom is 0.0926 e. The molecule has 0 saturated heterocycles. The largest absolute Gasteiger partial charge is 0.385 e. The van der Waals surface area contributed by atoms with Crippen molar-refractivity contribution < 1.29 is 5.11 Å². The van der Waals surface area contributed by atoms with Crippen LogP contribution in [0.1, 0.15) is 25.3 Å². The first-order valence-electron chi connectivity index (χ1n) is 6.50. The van der Waals surface area contributed by atoms with E-state index in [1.54, 1.807) is 0 Å². The third-order valence-electron chi connectivity index (χ3n) is 3.65. The van der Waals surface area contributed by atoms with Crippen molar-refractivity contribution in [2.24, 2.45) is 0 Å². The third kappa shape index (κ3) is 2.42. The van der Waals surface area contributed by atoms with Gasteiger partial charge in [0.1, 0.15) is 0 Å². The lowest BCUT2D eigenvalue weighted by Gasteiger charge is -2.28. The van der Waals surface area contributed by atoms with Gasteiger partial charge >= 0.3 is 0 Å². The summed E-state index contributed by atoms with van der Waals surface area (Å²) >= 11 is 0. The van der Waals surface area contributed by atoms with Crippen LogP contribution in [0.3, 0.4) is 0 Å². The average molecular weight is 246 g/mol. The van der Waals surface area contributed by atoms with Gasteiger partial charge in [0.15, 0.2) is 0 Å². The minimum atomic E-state index is -0.746. The van der Waals surface area contributed by atoms with Crippen LogP contribution < -0.4 is 0 Å². The van der Waals surface area contributed by atoms with Gasteiger partial charge in [-0.1, -0.05) is 25.1 Å². The van der Waals surface area contributed by atoms with Gasteiger partial charge in [-0.25, -0.2) is 0 Å². The molecular formula is C15H22N2O. The Hall–Kier alpha value is -1.32. The van der Waals surface area contributed by atoms with Crippen LogP contribution in [0.4, 0.5) is 0 Å². The van der Waals surface area contributed by atoms with Crippen LogP contribution in [0.15, 0.2) is 30.5 Å². The molecule has 0 bridgehead atoms. The Bertz CT molecular complexity index is 518. The van der Waals surface area contributed by atoms with Gasteiger partial charge in [0, 0.05) is 29.2 Å². The van der Waals surface area contributed by atoms with E-state index in [0.29, 0.717) is 0 Å². The highest BCUT2D eigenvalue weighted by atomic mass is 16.3. The van der Waals surface area contributed by atoms with Gasteiger partial charge in [0.05, 0.1) is 5.60 Å². The zero-order chi connectivity index (χ0) is 13.2. The third-order valence-corrected chi connectivity index (χ3v) is 3.65. The molecule has 3 nitrogen and oxygen atoms in total. The molecule has 0 aliphatic carbocycles. The van der Waals surface area contributed by atoms with Crippen LogP contribution in [0.5, 0.6) is 0 Å². The number of hydrogen-bond donors (Lipinski definition) is 2. The van der Waals surface area contributed by atoms with Crippen molar-refractivity contribution in [1.29, 1.82) is 0 Å². The summed E-state index contributed by atoms with van der Waals surface area (Å²) in [5, 5.41) is 12.0. The number of para-hydroxylation sites is 1. The van der Waals surface area contributed by atoms with E-state index in [-0.39, 0.29) is 0 Å². The van der Waals surface area contributed by atoms with E-state index in [1.807, 2.05) is 45.4 Å². The maximum absolute atomic E-state index is 10.9. The number of nitrogens with one attached hydrogen (secondary N) is 1. The summed E-state index contributed by atoms with van der Waals surface area (Å²) in [6.45, 7) is 2.92. The fraction of sp³-hybridized carbons (Fsp3) is 0.467. The predicted octanol–water partition coefficient (Wildman–Crippen LogP) is 2.72. The number of aromatic nitrogens is 1. The van der Waals surface area contributed by atoms with Crippen molar-refractivity contribution in [1.82, 2.24) is 9.88 Å². The Morgan fingerprint density at radius 2 is 2.00 bits per heavy atom. The molecule has 1 heterocycles. The quantitative estimate of drug-likeness (QED) is 0.851. The molecule has 18 heavy (non-hydrogen) atoms. The van der Waals surface area contributed by atoms with Crippen LogP contribution in [0.25, 0.3) is 10.9 Å². The molecule has 0 radical (unpaired) electrons. The smallest absolute Gasteiger partial charge is 0.0926 e. The molecule has 2 rings (SSSR count). The molecule has 1 aromatic heterocycles. The molecule has 0 amide bonds. The van der Waals surface area contributed by atoms with Gasteiger partial charge in [-0.3, -0.25) is 0 Å². The van der Waals surface area contributed by atoms with Crippen molar-refractivity contribution in [3.05, 3.63) is 36.0 Å². The second kappa shape index (κ2) is 5.12.